The van der Waals surface area contributed by atoms with Crippen LogP contribution in [0.4, 0.5) is 0 Å². The van der Waals surface area contributed by atoms with Crippen molar-refractivity contribution in [2.75, 3.05) is 32.8 Å². The van der Waals surface area contributed by atoms with Crippen LogP contribution in [0.15, 0.2) is 0 Å². The third-order valence-corrected chi connectivity index (χ3v) is 2.21. The summed E-state index contributed by atoms with van der Waals surface area (Å²) in [4.78, 5) is 3.02. The first kappa shape index (κ1) is 13.1. The molecule has 3 nitrogen and oxygen atoms in total. The van der Waals surface area contributed by atoms with E-state index in [9.17, 15) is 0 Å². The van der Waals surface area contributed by atoms with E-state index in [4.69, 9.17) is 22.7 Å². The highest BCUT2D eigenvalue weighted by Crippen LogP contribution is 1.99. The van der Waals surface area contributed by atoms with Crippen molar-refractivity contribution in [3.05, 3.63) is 0 Å². The molecule has 0 amide bonds. The molecule has 0 aromatic rings. The molecule has 2 N–H and O–H groups in total. The van der Waals surface area contributed by atoms with Gasteiger partial charge in [-0.05, 0) is 19.4 Å². The van der Waals surface area contributed by atoms with E-state index in [0.717, 1.165) is 45.7 Å². The first-order valence-electron chi connectivity index (χ1n) is 4.37. The molecule has 0 unspecified atom stereocenters. The highest BCUT2D eigenvalue weighted by atomic mass is 35.5. The Kier molecular flexibility index (Phi) is 7.56. The molecule has 0 spiro atoms. The Morgan fingerprint density at radius 2 is 2.00 bits per heavy atom. The van der Waals surface area contributed by atoms with Crippen molar-refractivity contribution in [2.24, 2.45) is 5.73 Å². The molecule has 0 bridgehead atoms. The van der Waals surface area contributed by atoms with E-state index in [1.807, 2.05) is 0 Å². The van der Waals surface area contributed by atoms with Gasteiger partial charge in [-0.2, -0.15) is 0 Å². The van der Waals surface area contributed by atoms with Gasteiger partial charge in [-0.15, -0.1) is 12.4 Å². The number of nitrogens with two attached hydrogens (primary N) is 1. The number of hydrogen-bond acceptors (Lipinski definition) is 3. The summed E-state index contributed by atoms with van der Waals surface area (Å²) in [6.07, 6.45) is 1.95. The van der Waals surface area contributed by atoms with Gasteiger partial charge in [0.05, 0.1) is 18.2 Å². The number of halogens is 1. The summed E-state index contributed by atoms with van der Waals surface area (Å²) in [5.74, 6) is 0. The Balaban J connectivity index is 0.00000144. The lowest BCUT2D eigenvalue weighted by molar-refractivity contribution is 0.0377. The molecule has 1 saturated heterocycles. The maximum atomic E-state index is 5.40. The van der Waals surface area contributed by atoms with Gasteiger partial charge >= 0.3 is 0 Å². The number of hydrogen-bond donors (Lipinski definition) is 1. The van der Waals surface area contributed by atoms with Crippen LogP contribution in [0.1, 0.15) is 12.8 Å². The molecule has 0 saturated carbocycles. The molecule has 1 rings (SSSR count). The Morgan fingerprint density at radius 1 is 1.38 bits per heavy atom. The van der Waals surface area contributed by atoms with Crippen LogP contribution in [0, 0.1) is 0 Å². The van der Waals surface area contributed by atoms with Gasteiger partial charge in [0.15, 0.2) is 0 Å². The number of nitrogens with zero attached hydrogens (tertiary/aromatic N) is 1. The van der Waals surface area contributed by atoms with Gasteiger partial charge < -0.3 is 10.5 Å². The fraction of sp³-hybridized carbons (Fsp3) is 0.875. The van der Waals surface area contributed by atoms with Crippen molar-refractivity contribution < 1.29 is 4.74 Å². The lowest BCUT2D eigenvalue weighted by Crippen LogP contribution is -2.37. The third kappa shape index (κ3) is 6.21. The molecule has 78 valence electrons. The second-order valence-electron chi connectivity index (χ2n) is 3.02. The van der Waals surface area contributed by atoms with Crippen LogP contribution >= 0.6 is 24.6 Å². The summed E-state index contributed by atoms with van der Waals surface area (Å²) in [7, 11) is 0. The van der Waals surface area contributed by atoms with Crippen molar-refractivity contribution >= 4 is 29.6 Å². The molecule has 5 heteroatoms. The van der Waals surface area contributed by atoms with E-state index in [-0.39, 0.29) is 12.4 Å². The normalized spacial score (nSPS) is 17.8. The molecule has 13 heavy (non-hydrogen) atoms. The summed E-state index contributed by atoms with van der Waals surface area (Å²) in [5, 5.41) is 0. The maximum absolute atomic E-state index is 5.40. The van der Waals surface area contributed by atoms with Gasteiger partial charge in [0.1, 0.15) is 0 Å². The van der Waals surface area contributed by atoms with Crippen LogP contribution in [-0.4, -0.2) is 42.7 Å². The fourth-order valence-electron chi connectivity index (χ4n) is 1.30. The number of thiocarbonyl (C=S) groups is 1. The molecule has 0 aliphatic carbocycles. The zero-order valence-electron chi connectivity index (χ0n) is 7.70. The molecule has 1 aliphatic rings. The summed E-state index contributed by atoms with van der Waals surface area (Å²) in [6.45, 7) is 4.94. The predicted octanol–water partition coefficient (Wildman–Crippen LogP) is 0.807. The van der Waals surface area contributed by atoms with Crippen molar-refractivity contribution in [3.63, 3.8) is 0 Å². The molecule has 1 aliphatic heterocycles. The average molecular weight is 225 g/mol. The molecule has 1 heterocycles. The van der Waals surface area contributed by atoms with Crippen LogP contribution in [0.25, 0.3) is 0 Å². The van der Waals surface area contributed by atoms with Crippen LogP contribution in [-0.2, 0) is 4.74 Å². The quantitative estimate of drug-likeness (QED) is 0.718. The minimum atomic E-state index is 0. The Labute approximate surface area is 91.0 Å². The van der Waals surface area contributed by atoms with E-state index in [1.54, 1.807) is 0 Å². The largest absolute Gasteiger partial charge is 0.393 e. The Bertz CT molecular complexity index is 151. The summed E-state index contributed by atoms with van der Waals surface area (Å²) < 4.78 is 5.23. The topological polar surface area (TPSA) is 38.5 Å². The zero-order valence-corrected chi connectivity index (χ0v) is 9.33. The number of morpholine rings is 1. The maximum Gasteiger partial charge on any atom is 0.0727 e. The summed E-state index contributed by atoms with van der Waals surface area (Å²) in [6, 6.07) is 0. The average Bonchev–Trinajstić information content (AvgIpc) is 2.05. The molecule has 0 atom stereocenters. The predicted molar refractivity (Wildman–Crippen MR) is 60.5 cm³/mol. The third-order valence-electron chi connectivity index (χ3n) is 2.00. The molecule has 0 aromatic carbocycles. The van der Waals surface area contributed by atoms with Gasteiger partial charge in [0.25, 0.3) is 0 Å². The Morgan fingerprint density at radius 3 is 2.54 bits per heavy atom. The number of rotatable bonds is 4. The Hall–Kier alpha value is 0.1000. The van der Waals surface area contributed by atoms with E-state index >= 15 is 0 Å². The molecule has 1 fully saturated rings. The van der Waals surface area contributed by atoms with E-state index in [2.05, 4.69) is 4.90 Å². The summed E-state index contributed by atoms with van der Waals surface area (Å²) in [5.41, 5.74) is 5.40. The number of ether oxygens (including phenoxy) is 1. The van der Waals surface area contributed by atoms with E-state index < -0.39 is 0 Å². The minimum absolute atomic E-state index is 0. The lowest BCUT2D eigenvalue weighted by Gasteiger charge is -2.26. The first-order valence-corrected chi connectivity index (χ1v) is 4.78. The molecular weight excluding hydrogens is 208 g/mol. The molecular formula is C8H17ClN2OS. The van der Waals surface area contributed by atoms with Crippen LogP contribution in [0.3, 0.4) is 0 Å². The van der Waals surface area contributed by atoms with Gasteiger partial charge in [0, 0.05) is 13.1 Å². The van der Waals surface area contributed by atoms with E-state index in [0.29, 0.717) is 4.99 Å². The highest BCUT2D eigenvalue weighted by molar-refractivity contribution is 7.80. The molecule has 0 aromatic heterocycles. The monoisotopic (exact) mass is 224 g/mol. The summed E-state index contributed by atoms with van der Waals surface area (Å²) >= 11 is 4.80. The zero-order chi connectivity index (χ0) is 8.81. The van der Waals surface area contributed by atoms with Crippen molar-refractivity contribution in [2.45, 2.75) is 12.8 Å². The highest BCUT2D eigenvalue weighted by Gasteiger charge is 2.08. The smallest absolute Gasteiger partial charge is 0.0727 e. The van der Waals surface area contributed by atoms with Crippen molar-refractivity contribution in [1.82, 2.24) is 4.90 Å². The van der Waals surface area contributed by atoms with Gasteiger partial charge in [-0.1, -0.05) is 12.2 Å². The second-order valence-corrected chi connectivity index (χ2v) is 3.55. The van der Waals surface area contributed by atoms with Crippen LogP contribution in [0.2, 0.25) is 0 Å². The molecule has 0 radical (unpaired) electrons. The van der Waals surface area contributed by atoms with Crippen molar-refractivity contribution in [3.8, 4) is 0 Å². The van der Waals surface area contributed by atoms with Gasteiger partial charge in [-0.25, -0.2) is 0 Å². The second kappa shape index (κ2) is 7.50. The van der Waals surface area contributed by atoms with Crippen molar-refractivity contribution in [1.29, 1.82) is 0 Å². The van der Waals surface area contributed by atoms with E-state index in [1.165, 1.54) is 0 Å². The van der Waals surface area contributed by atoms with Gasteiger partial charge in [-0.3, -0.25) is 4.90 Å². The van der Waals surface area contributed by atoms with Gasteiger partial charge in [0.2, 0.25) is 0 Å². The SMILES string of the molecule is Cl.NC(=S)CCCN1CCOCC1. The fourth-order valence-corrected chi connectivity index (χ4v) is 1.45. The minimum Gasteiger partial charge on any atom is -0.393 e. The van der Waals surface area contributed by atoms with Crippen LogP contribution in [0.5, 0.6) is 0 Å². The standard InChI is InChI=1S/C8H16N2OS.ClH/c9-8(12)2-1-3-10-4-6-11-7-5-10;/h1-7H2,(H2,9,12);1H. The lowest BCUT2D eigenvalue weighted by atomic mass is 10.3. The first-order chi connectivity index (χ1) is 5.79. The van der Waals surface area contributed by atoms with Crippen LogP contribution < -0.4 is 5.73 Å².